The SMILES string of the molecule is C[C@@H](Cc1cnc[nH]1)NC[C@H](Cc1cnc[nH]1)NC[C@H](Cc1cnc[nH]1)NC[C@H](Cc1cnc[nH]1)NC[C@H](Cc1cnc[nH]1)NC[C@H](Cc1cnc[nH]1)NC[C@H](Cc1cnc[nH]1)NC[C@@H](N)Cc1cnc[nH]1. The summed E-state index contributed by atoms with van der Waals surface area (Å²) in [6.07, 6.45) is 35.2. The quantitative estimate of drug-likeness (QED) is 0.0239. The van der Waals surface area contributed by atoms with Crippen molar-refractivity contribution in [1.29, 1.82) is 0 Å². The highest BCUT2D eigenvalue weighted by molar-refractivity contribution is 5.06. The Morgan fingerprint density at radius 1 is 0.306 bits per heavy atom. The molecule has 0 aliphatic carbocycles. The first-order chi connectivity index (χ1) is 35.4. The van der Waals surface area contributed by atoms with Gasteiger partial charge in [0.15, 0.2) is 0 Å². The van der Waals surface area contributed by atoms with E-state index in [0.717, 1.165) is 104 Å². The van der Waals surface area contributed by atoms with E-state index in [0.29, 0.717) is 39.1 Å². The Kier molecular flexibility index (Phi) is 20.4. The third-order valence-electron chi connectivity index (χ3n) is 12.9. The van der Waals surface area contributed by atoms with E-state index in [1.807, 2.05) is 49.6 Å². The van der Waals surface area contributed by atoms with E-state index in [2.05, 4.69) is 124 Å². The second-order valence-corrected chi connectivity index (χ2v) is 18.9. The topological polar surface area (TPSA) is 340 Å². The number of imidazole rings is 8. The molecule has 0 unspecified atom stereocenters. The van der Waals surface area contributed by atoms with Gasteiger partial charge in [0.05, 0.1) is 50.6 Å². The van der Waals surface area contributed by atoms with Gasteiger partial charge in [-0.1, -0.05) is 0 Å². The van der Waals surface area contributed by atoms with Crippen molar-refractivity contribution in [2.75, 3.05) is 45.8 Å². The van der Waals surface area contributed by atoms with Crippen molar-refractivity contribution in [2.24, 2.45) is 5.73 Å². The van der Waals surface area contributed by atoms with Gasteiger partial charge in [-0.2, -0.15) is 0 Å². The van der Waals surface area contributed by atoms with E-state index in [1.165, 1.54) is 0 Å². The summed E-state index contributed by atoms with van der Waals surface area (Å²) < 4.78 is 0. The zero-order valence-corrected chi connectivity index (χ0v) is 41.1. The highest BCUT2D eigenvalue weighted by Crippen LogP contribution is 2.08. The lowest BCUT2D eigenvalue weighted by atomic mass is 10.1. The number of nitrogens with zero attached hydrogens (tertiary/aromatic N) is 8. The molecule has 24 nitrogen and oxygen atoms in total. The maximum absolute atomic E-state index is 6.59. The van der Waals surface area contributed by atoms with Crippen molar-refractivity contribution < 1.29 is 0 Å². The molecule has 0 spiro atoms. The average Bonchev–Trinajstić information content (AvgIpc) is 4.23. The second kappa shape index (κ2) is 28.4. The van der Waals surface area contributed by atoms with Crippen molar-refractivity contribution in [3.63, 3.8) is 0 Å². The molecular formula is C48H74N24. The van der Waals surface area contributed by atoms with Crippen LogP contribution in [0.3, 0.4) is 0 Å². The third kappa shape index (κ3) is 18.2. The van der Waals surface area contributed by atoms with Gasteiger partial charge in [0.2, 0.25) is 0 Å². The van der Waals surface area contributed by atoms with Gasteiger partial charge in [-0.3, -0.25) is 0 Å². The predicted molar refractivity (Wildman–Crippen MR) is 275 cm³/mol. The molecule has 8 aromatic rings. The van der Waals surface area contributed by atoms with Crippen LogP contribution in [0.2, 0.25) is 0 Å². The molecule has 8 heterocycles. The van der Waals surface area contributed by atoms with Gasteiger partial charge >= 0.3 is 0 Å². The molecule has 0 fully saturated rings. The Hall–Kier alpha value is -6.64. The van der Waals surface area contributed by atoms with Crippen LogP contribution in [0.25, 0.3) is 0 Å². The Balaban J connectivity index is 0.912. The smallest absolute Gasteiger partial charge is 0.0921 e. The molecule has 0 amide bonds. The van der Waals surface area contributed by atoms with E-state index in [-0.39, 0.29) is 48.3 Å². The molecule has 0 saturated carbocycles. The van der Waals surface area contributed by atoms with Crippen LogP contribution in [0, 0.1) is 0 Å². The van der Waals surface area contributed by atoms with Crippen molar-refractivity contribution in [1.82, 2.24) is 117 Å². The van der Waals surface area contributed by atoms with Gasteiger partial charge in [-0.05, 0) is 6.92 Å². The van der Waals surface area contributed by atoms with Crippen LogP contribution >= 0.6 is 0 Å². The number of nitrogens with two attached hydrogens (primary N) is 1. The van der Waals surface area contributed by atoms with Crippen LogP contribution in [0.4, 0.5) is 0 Å². The van der Waals surface area contributed by atoms with Crippen LogP contribution < -0.4 is 43.0 Å². The molecule has 8 aromatic heterocycles. The Morgan fingerprint density at radius 2 is 0.514 bits per heavy atom. The maximum atomic E-state index is 6.59. The number of aromatic amines is 8. The fourth-order valence-electron chi connectivity index (χ4n) is 9.03. The molecule has 0 aromatic carbocycles. The summed E-state index contributed by atoms with van der Waals surface area (Å²) in [5.41, 5.74) is 15.1. The molecule has 8 atom stereocenters. The van der Waals surface area contributed by atoms with Crippen molar-refractivity contribution in [2.45, 2.75) is 107 Å². The normalized spacial score (nSPS) is 15.3. The first kappa shape index (κ1) is 51.7. The number of H-pyrrole nitrogens is 8. The summed E-state index contributed by atoms with van der Waals surface area (Å²) in [4.78, 5) is 60.6. The summed E-state index contributed by atoms with van der Waals surface area (Å²) in [6.45, 7) is 7.18. The van der Waals surface area contributed by atoms with Gasteiger partial charge in [0, 0.05) is 241 Å². The third-order valence-corrected chi connectivity index (χ3v) is 12.9. The minimum absolute atomic E-state index is 0.0639. The summed E-state index contributed by atoms with van der Waals surface area (Å²) in [7, 11) is 0. The molecule has 0 saturated heterocycles. The highest BCUT2D eigenvalue weighted by Gasteiger charge is 2.23. The Bertz CT molecular complexity index is 2290. The van der Waals surface area contributed by atoms with Crippen molar-refractivity contribution in [3.05, 3.63) is 146 Å². The van der Waals surface area contributed by atoms with E-state index < -0.39 is 0 Å². The number of aromatic nitrogens is 16. The first-order valence-electron chi connectivity index (χ1n) is 25.1. The van der Waals surface area contributed by atoms with E-state index >= 15 is 0 Å². The number of rotatable bonds is 37. The van der Waals surface area contributed by atoms with Crippen molar-refractivity contribution >= 4 is 0 Å². The van der Waals surface area contributed by atoms with E-state index in [1.54, 1.807) is 50.6 Å². The summed E-state index contributed by atoms with van der Waals surface area (Å²) in [5.74, 6) is 0. The lowest BCUT2D eigenvalue weighted by Gasteiger charge is -2.29. The van der Waals surface area contributed by atoms with Crippen LogP contribution in [-0.2, 0) is 51.4 Å². The second-order valence-electron chi connectivity index (χ2n) is 18.9. The predicted octanol–water partition coefficient (Wildman–Crippen LogP) is -0.233. The molecule has 0 aliphatic rings. The Labute approximate surface area is 419 Å². The van der Waals surface area contributed by atoms with Gasteiger partial charge in [0.25, 0.3) is 0 Å². The van der Waals surface area contributed by atoms with E-state index in [9.17, 15) is 0 Å². The van der Waals surface area contributed by atoms with Crippen LogP contribution in [-0.4, -0.2) is 174 Å². The van der Waals surface area contributed by atoms with Gasteiger partial charge < -0.3 is 82.8 Å². The molecule has 72 heavy (non-hydrogen) atoms. The zero-order chi connectivity index (χ0) is 49.4. The molecule has 17 N–H and O–H groups in total. The van der Waals surface area contributed by atoms with Gasteiger partial charge in [0.1, 0.15) is 0 Å². The van der Waals surface area contributed by atoms with Crippen LogP contribution in [0.5, 0.6) is 0 Å². The number of nitrogens with one attached hydrogen (secondary N) is 15. The molecule has 0 aliphatic heterocycles. The summed E-state index contributed by atoms with van der Waals surface area (Å²) in [5, 5.41) is 27.2. The fourth-order valence-corrected chi connectivity index (χ4v) is 9.03. The molecule has 24 heteroatoms. The first-order valence-corrected chi connectivity index (χ1v) is 25.1. The minimum Gasteiger partial charge on any atom is -0.348 e. The van der Waals surface area contributed by atoms with Crippen LogP contribution in [0.15, 0.2) is 100 Å². The number of hydrogen-bond donors (Lipinski definition) is 16. The van der Waals surface area contributed by atoms with E-state index in [4.69, 9.17) is 5.73 Å². The fraction of sp³-hybridized carbons (Fsp3) is 0.500. The molecule has 0 radical (unpaired) electrons. The maximum Gasteiger partial charge on any atom is 0.0921 e. The largest absolute Gasteiger partial charge is 0.348 e. The minimum atomic E-state index is -0.0787. The lowest BCUT2D eigenvalue weighted by molar-refractivity contribution is 0.353. The van der Waals surface area contributed by atoms with Gasteiger partial charge in [-0.15, -0.1) is 0 Å². The molecular weight excluding hydrogens is 913 g/mol. The molecule has 8 rings (SSSR count). The standard InChI is InChI=1S/C48H74N24/c1-33(2-35-11-50-25-65-35)58-19-43(4-37-13-52-27-67-37)60-21-45(6-39-15-54-29-69-39)62-23-47(8-41-17-56-31-71-41)64-24-48(9-42-18-57-32-72-42)63-22-46(7-40-16-55-30-70-40)61-20-44(5-38-14-53-28-68-38)59-10-34(49)3-36-12-51-26-66-36/h11-18,25-34,43-48,58-64H,2-10,19-24,49H2,1H3,(H,50,65)(H,51,66)(H,52,67)(H,53,68)(H,54,69)(H,55,70)(H,56,71)(H,57,72)/t33-,34-,43-,44-,45-,46-,47-,48-/m0/s1. The molecule has 0 bridgehead atoms. The summed E-state index contributed by atoms with van der Waals surface area (Å²) in [6, 6.07) is 0.721. The van der Waals surface area contributed by atoms with Crippen LogP contribution in [0.1, 0.15) is 52.5 Å². The highest BCUT2D eigenvalue weighted by atomic mass is 15.1. The zero-order valence-electron chi connectivity index (χ0n) is 41.1. The number of hydrogen-bond acceptors (Lipinski definition) is 16. The Morgan fingerprint density at radius 3 is 0.750 bits per heavy atom. The molecule has 386 valence electrons. The van der Waals surface area contributed by atoms with Gasteiger partial charge in [-0.25, -0.2) is 39.9 Å². The lowest BCUT2D eigenvalue weighted by Crippen LogP contribution is -2.54. The van der Waals surface area contributed by atoms with Crippen molar-refractivity contribution in [3.8, 4) is 0 Å². The average molecular weight is 987 g/mol. The monoisotopic (exact) mass is 987 g/mol. The summed E-state index contributed by atoms with van der Waals surface area (Å²) >= 11 is 0.